The highest BCUT2D eigenvalue weighted by Crippen LogP contribution is 2.12. The van der Waals surface area contributed by atoms with Gasteiger partial charge in [0.1, 0.15) is 0 Å². The summed E-state index contributed by atoms with van der Waals surface area (Å²) in [6, 6.07) is 13.3. The molecule has 1 saturated heterocycles. The number of aryl methyl sites for hydroxylation is 1. The minimum absolute atomic E-state index is 0.561. The second-order valence-corrected chi connectivity index (χ2v) is 5.84. The summed E-state index contributed by atoms with van der Waals surface area (Å²) in [7, 11) is 0. The average molecular weight is 285 g/mol. The molecule has 0 aliphatic carbocycles. The summed E-state index contributed by atoms with van der Waals surface area (Å²) >= 11 is 0. The molecule has 1 N–H and O–H groups in total. The van der Waals surface area contributed by atoms with E-state index in [4.69, 9.17) is 4.52 Å². The maximum atomic E-state index is 5.23. The number of nitrogens with zero attached hydrogens (tertiary/aromatic N) is 2. The molecule has 4 nitrogen and oxygen atoms in total. The third kappa shape index (κ3) is 4.16. The molecule has 4 heteroatoms. The van der Waals surface area contributed by atoms with Crippen molar-refractivity contribution in [2.45, 2.75) is 32.4 Å². The van der Waals surface area contributed by atoms with Gasteiger partial charge in [0.15, 0.2) is 5.76 Å². The molecule has 0 spiro atoms. The van der Waals surface area contributed by atoms with E-state index in [2.05, 4.69) is 45.7 Å². The second-order valence-electron chi connectivity index (χ2n) is 5.84. The van der Waals surface area contributed by atoms with Crippen LogP contribution >= 0.6 is 0 Å². The smallest absolute Gasteiger partial charge is 0.150 e. The minimum atomic E-state index is 0.561. The average Bonchev–Trinajstić information content (AvgIpc) is 3.13. The van der Waals surface area contributed by atoms with Crippen molar-refractivity contribution in [1.82, 2.24) is 15.4 Å². The molecule has 2 aromatic rings. The monoisotopic (exact) mass is 285 g/mol. The van der Waals surface area contributed by atoms with Crippen LogP contribution in [-0.4, -0.2) is 35.7 Å². The summed E-state index contributed by atoms with van der Waals surface area (Å²) < 4.78 is 5.23. The summed E-state index contributed by atoms with van der Waals surface area (Å²) in [4.78, 5) is 2.54. The molecule has 0 bridgehead atoms. The molecular formula is C17H23N3O. The minimum Gasteiger partial charge on any atom is -0.360 e. The molecule has 112 valence electrons. The van der Waals surface area contributed by atoms with Crippen LogP contribution < -0.4 is 5.32 Å². The van der Waals surface area contributed by atoms with Crippen LogP contribution in [0.25, 0.3) is 0 Å². The van der Waals surface area contributed by atoms with Crippen molar-refractivity contribution in [3.8, 4) is 0 Å². The Balaban J connectivity index is 1.39. The lowest BCUT2D eigenvalue weighted by Crippen LogP contribution is -2.32. The zero-order chi connectivity index (χ0) is 14.5. The molecule has 1 aliphatic rings. The van der Waals surface area contributed by atoms with E-state index in [1.807, 2.05) is 13.0 Å². The number of rotatable bonds is 6. The van der Waals surface area contributed by atoms with Gasteiger partial charge >= 0.3 is 0 Å². The van der Waals surface area contributed by atoms with Gasteiger partial charge in [0, 0.05) is 25.2 Å². The number of likely N-dealkylation sites (tertiary alicyclic amines) is 1. The molecule has 1 aliphatic heterocycles. The van der Waals surface area contributed by atoms with Crippen molar-refractivity contribution in [3.05, 3.63) is 53.4 Å². The zero-order valence-electron chi connectivity index (χ0n) is 12.6. The van der Waals surface area contributed by atoms with E-state index >= 15 is 0 Å². The first-order chi connectivity index (χ1) is 10.3. The fourth-order valence-corrected chi connectivity index (χ4v) is 2.88. The van der Waals surface area contributed by atoms with Crippen LogP contribution in [0.2, 0.25) is 0 Å². The number of benzene rings is 1. The van der Waals surface area contributed by atoms with Gasteiger partial charge in [-0.1, -0.05) is 35.5 Å². The van der Waals surface area contributed by atoms with E-state index in [9.17, 15) is 0 Å². The van der Waals surface area contributed by atoms with E-state index in [0.29, 0.717) is 6.04 Å². The first-order valence-corrected chi connectivity index (χ1v) is 7.71. The lowest BCUT2D eigenvalue weighted by atomic mass is 10.1. The maximum absolute atomic E-state index is 5.23. The first kappa shape index (κ1) is 14.3. The van der Waals surface area contributed by atoms with Gasteiger partial charge in [0.05, 0.1) is 12.2 Å². The van der Waals surface area contributed by atoms with Crippen LogP contribution in [0.4, 0.5) is 0 Å². The Morgan fingerprint density at radius 1 is 1.33 bits per heavy atom. The third-order valence-corrected chi connectivity index (χ3v) is 4.07. The predicted octanol–water partition coefficient (Wildman–Crippen LogP) is 2.39. The highest BCUT2D eigenvalue weighted by atomic mass is 16.5. The van der Waals surface area contributed by atoms with Gasteiger partial charge in [-0.2, -0.15) is 0 Å². The van der Waals surface area contributed by atoms with Crippen LogP contribution in [0.1, 0.15) is 23.4 Å². The topological polar surface area (TPSA) is 41.3 Å². The van der Waals surface area contributed by atoms with E-state index in [1.54, 1.807) is 0 Å². The molecule has 3 rings (SSSR count). The van der Waals surface area contributed by atoms with Crippen LogP contribution in [0, 0.1) is 6.92 Å². The second kappa shape index (κ2) is 6.87. The van der Waals surface area contributed by atoms with Gasteiger partial charge in [-0.25, -0.2) is 0 Å². The first-order valence-electron chi connectivity index (χ1n) is 7.71. The maximum Gasteiger partial charge on any atom is 0.150 e. The molecule has 21 heavy (non-hydrogen) atoms. The van der Waals surface area contributed by atoms with Gasteiger partial charge in [-0.3, -0.25) is 0 Å². The molecule has 1 atom stereocenters. The normalized spacial score (nSPS) is 19.2. The fraction of sp³-hybridized carbons (Fsp3) is 0.471. The summed E-state index contributed by atoms with van der Waals surface area (Å²) in [6.45, 7) is 6.18. The molecular weight excluding hydrogens is 262 g/mol. The van der Waals surface area contributed by atoms with E-state index in [0.717, 1.165) is 37.5 Å². The van der Waals surface area contributed by atoms with Gasteiger partial charge in [-0.15, -0.1) is 0 Å². The highest BCUT2D eigenvalue weighted by molar-refractivity contribution is 5.15. The van der Waals surface area contributed by atoms with Crippen molar-refractivity contribution in [2.24, 2.45) is 0 Å². The lowest BCUT2D eigenvalue weighted by molar-refractivity contribution is 0.324. The Morgan fingerprint density at radius 3 is 2.95 bits per heavy atom. The van der Waals surface area contributed by atoms with Crippen molar-refractivity contribution >= 4 is 0 Å². The molecule has 0 amide bonds. The molecule has 2 heterocycles. The largest absolute Gasteiger partial charge is 0.360 e. The zero-order valence-corrected chi connectivity index (χ0v) is 12.6. The summed E-state index contributed by atoms with van der Waals surface area (Å²) in [5.74, 6) is 0.926. The third-order valence-electron chi connectivity index (χ3n) is 4.07. The predicted molar refractivity (Wildman–Crippen MR) is 83.1 cm³/mol. The fourth-order valence-electron chi connectivity index (χ4n) is 2.88. The summed E-state index contributed by atoms with van der Waals surface area (Å²) in [6.07, 6.45) is 2.34. The van der Waals surface area contributed by atoms with Crippen LogP contribution in [0.15, 0.2) is 40.9 Å². The quantitative estimate of drug-likeness (QED) is 0.885. The van der Waals surface area contributed by atoms with Crippen molar-refractivity contribution in [1.29, 1.82) is 0 Å². The summed E-state index contributed by atoms with van der Waals surface area (Å²) in [5, 5.41) is 7.48. The molecule has 1 aromatic carbocycles. The molecule has 1 aromatic heterocycles. The Morgan fingerprint density at radius 2 is 2.19 bits per heavy atom. The van der Waals surface area contributed by atoms with Crippen LogP contribution in [0.5, 0.6) is 0 Å². The lowest BCUT2D eigenvalue weighted by Gasteiger charge is -2.16. The SMILES string of the molecule is Cc1cc(CNC2CCN(CCc3ccccc3)C2)on1. The van der Waals surface area contributed by atoms with E-state index in [-0.39, 0.29) is 0 Å². The Bertz CT molecular complexity index is 552. The van der Waals surface area contributed by atoms with Gasteiger partial charge < -0.3 is 14.7 Å². The van der Waals surface area contributed by atoms with Gasteiger partial charge in [0.2, 0.25) is 0 Å². The van der Waals surface area contributed by atoms with Crippen LogP contribution in [0.3, 0.4) is 0 Å². The molecule has 1 unspecified atom stereocenters. The Hall–Kier alpha value is -1.65. The van der Waals surface area contributed by atoms with Crippen molar-refractivity contribution < 1.29 is 4.52 Å². The Kier molecular flexibility index (Phi) is 4.68. The van der Waals surface area contributed by atoms with Gasteiger partial charge in [0.25, 0.3) is 0 Å². The van der Waals surface area contributed by atoms with Crippen molar-refractivity contribution in [2.75, 3.05) is 19.6 Å². The number of hydrogen-bond donors (Lipinski definition) is 1. The van der Waals surface area contributed by atoms with E-state index in [1.165, 1.54) is 18.5 Å². The van der Waals surface area contributed by atoms with Crippen LogP contribution in [-0.2, 0) is 13.0 Å². The van der Waals surface area contributed by atoms with Gasteiger partial charge in [-0.05, 0) is 31.9 Å². The standard InChI is InChI=1S/C17H23N3O/c1-14-11-17(21-19-14)12-18-16-8-10-20(13-16)9-7-15-5-3-2-4-6-15/h2-6,11,16,18H,7-10,12-13H2,1H3. The number of hydrogen-bond acceptors (Lipinski definition) is 4. The molecule has 0 saturated carbocycles. The Labute approximate surface area is 126 Å². The number of nitrogens with one attached hydrogen (secondary N) is 1. The molecule has 1 fully saturated rings. The van der Waals surface area contributed by atoms with E-state index < -0.39 is 0 Å². The number of aromatic nitrogens is 1. The molecule has 0 radical (unpaired) electrons. The highest BCUT2D eigenvalue weighted by Gasteiger charge is 2.21. The summed E-state index contributed by atoms with van der Waals surface area (Å²) in [5.41, 5.74) is 2.37. The van der Waals surface area contributed by atoms with Crippen molar-refractivity contribution in [3.63, 3.8) is 0 Å².